The summed E-state index contributed by atoms with van der Waals surface area (Å²) in [6.45, 7) is 3.37. The molecule has 0 fully saturated rings. The van der Waals surface area contributed by atoms with Crippen molar-refractivity contribution in [3.63, 3.8) is 0 Å². The van der Waals surface area contributed by atoms with Gasteiger partial charge in [0.15, 0.2) is 0 Å². The molecule has 2 aromatic carbocycles. The molecule has 0 bridgehead atoms. The topological polar surface area (TPSA) is 52.0 Å². The lowest BCUT2D eigenvalue weighted by Gasteiger charge is -2.11. The molecule has 0 amide bonds. The zero-order valence-corrected chi connectivity index (χ0v) is 14.8. The van der Waals surface area contributed by atoms with Gasteiger partial charge in [0.25, 0.3) is 0 Å². The number of nitrogen functional groups attached to an aromatic ring is 2. The maximum absolute atomic E-state index is 12.3. The molecule has 0 heterocycles. The van der Waals surface area contributed by atoms with E-state index in [1.807, 2.05) is 0 Å². The lowest BCUT2D eigenvalue weighted by Crippen LogP contribution is -2.09. The van der Waals surface area contributed by atoms with Crippen LogP contribution in [0.3, 0.4) is 0 Å². The van der Waals surface area contributed by atoms with E-state index >= 15 is 0 Å². The standard InChI is InChI=1S/C8H7BrF3N.C8H8F3N/c1-4-2-7(13)5(3-6(4)9)8(10,11)12;1-5-2-3-6(7(12)4-5)8(9,10)11/h2-3H,13H2,1H3;2-4H,12H2,1H3. The molecule has 0 saturated carbocycles. The van der Waals surface area contributed by atoms with E-state index in [9.17, 15) is 26.3 Å². The Morgan fingerprint density at radius 1 is 0.760 bits per heavy atom. The van der Waals surface area contributed by atoms with E-state index in [0.29, 0.717) is 10.0 Å². The Morgan fingerprint density at radius 3 is 1.68 bits per heavy atom. The van der Waals surface area contributed by atoms with Crippen LogP contribution in [0.1, 0.15) is 22.3 Å². The Balaban J connectivity index is 0.000000251. The minimum Gasteiger partial charge on any atom is -0.398 e. The van der Waals surface area contributed by atoms with E-state index < -0.39 is 23.5 Å². The molecule has 138 valence electrons. The van der Waals surface area contributed by atoms with Crippen LogP contribution in [-0.4, -0.2) is 0 Å². The number of nitrogens with two attached hydrogens (primary N) is 2. The van der Waals surface area contributed by atoms with Crippen molar-refractivity contribution in [2.75, 3.05) is 11.5 Å². The number of anilines is 2. The SMILES string of the molecule is Cc1cc(N)c(C(F)(F)F)cc1Br.Cc1ccc(C(F)(F)F)c(N)c1. The predicted molar refractivity (Wildman–Crippen MR) is 88.9 cm³/mol. The quantitative estimate of drug-likeness (QED) is 0.402. The van der Waals surface area contributed by atoms with E-state index in [2.05, 4.69) is 15.9 Å². The maximum Gasteiger partial charge on any atom is 0.418 e. The second kappa shape index (κ2) is 7.55. The van der Waals surface area contributed by atoms with Crippen molar-refractivity contribution in [1.29, 1.82) is 0 Å². The number of aryl methyl sites for hydroxylation is 2. The lowest BCUT2D eigenvalue weighted by atomic mass is 10.1. The van der Waals surface area contributed by atoms with Crippen molar-refractivity contribution in [2.24, 2.45) is 0 Å². The van der Waals surface area contributed by atoms with Gasteiger partial charge in [-0.25, -0.2) is 0 Å². The smallest absolute Gasteiger partial charge is 0.398 e. The van der Waals surface area contributed by atoms with E-state index in [1.54, 1.807) is 13.8 Å². The fourth-order valence-corrected chi connectivity index (χ4v) is 2.23. The van der Waals surface area contributed by atoms with Crippen molar-refractivity contribution in [2.45, 2.75) is 26.2 Å². The second-order valence-electron chi connectivity index (χ2n) is 5.27. The number of rotatable bonds is 0. The third kappa shape index (κ3) is 5.84. The zero-order valence-electron chi connectivity index (χ0n) is 13.2. The molecule has 0 atom stereocenters. The molecule has 9 heteroatoms. The van der Waals surface area contributed by atoms with E-state index in [4.69, 9.17) is 11.5 Å². The summed E-state index contributed by atoms with van der Waals surface area (Å²) < 4.78 is 73.5. The van der Waals surface area contributed by atoms with Crippen molar-refractivity contribution in [3.8, 4) is 0 Å². The van der Waals surface area contributed by atoms with Crippen LogP contribution in [-0.2, 0) is 12.4 Å². The third-order valence-corrected chi connectivity index (χ3v) is 4.00. The van der Waals surface area contributed by atoms with Gasteiger partial charge >= 0.3 is 12.4 Å². The Bertz CT molecular complexity index is 754. The molecular weight excluding hydrogens is 414 g/mol. The van der Waals surface area contributed by atoms with Crippen molar-refractivity contribution in [3.05, 3.63) is 57.1 Å². The number of benzene rings is 2. The number of hydrogen-bond donors (Lipinski definition) is 2. The first kappa shape index (κ1) is 21.1. The summed E-state index contributed by atoms with van der Waals surface area (Å²) in [6, 6.07) is 5.98. The Hall–Kier alpha value is -1.90. The third-order valence-electron chi connectivity index (χ3n) is 3.15. The normalized spacial score (nSPS) is 11.7. The van der Waals surface area contributed by atoms with Gasteiger partial charge in [0.2, 0.25) is 0 Å². The summed E-state index contributed by atoms with van der Waals surface area (Å²) in [6.07, 6.45) is -8.74. The maximum atomic E-state index is 12.3. The van der Waals surface area contributed by atoms with Crippen molar-refractivity contribution < 1.29 is 26.3 Å². The molecule has 2 rings (SSSR count). The molecule has 25 heavy (non-hydrogen) atoms. The molecule has 0 spiro atoms. The van der Waals surface area contributed by atoms with Crippen LogP contribution in [0.4, 0.5) is 37.7 Å². The molecule has 4 N–H and O–H groups in total. The van der Waals surface area contributed by atoms with Gasteiger partial charge in [0.05, 0.1) is 11.1 Å². The van der Waals surface area contributed by atoms with E-state index in [0.717, 1.165) is 17.7 Å². The van der Waals surface area contributed by atoms with Gasteiger partial charge in [-0.2, -0.15) is 26.3 Å². The van der Waals surface area contributed by atoms with Gasteiger partial charge in [-0.15, -0.1) is 0 Å². The van der Waals surface area contributed by atoms with Crippen molar-refractivity contribution >= 4 is 27.3 Å². The first-order chi connectivity index (χ1) is 11.2. The molecule has 0 aromatic heterocycles. The second-order valence-corrected chi connectivity index (χ2v) is 6.13. The molecule has 2 aromatic rings. The molecule has 0 saturated heterocycles. The highest BCUT2D eigenvalue weighted by Crippen LogP contribution is 2.36. The highest BCUT2D eigenvalue weighted by molar-refractivity contribution is 9.10. The van der Waals surface area contributed by atoms with Crippen LogP contribution < -0.4 is 11.5 Å². The van der Waals surface area contributed by atoms with E-state index in [-0.39, 0.29) is 11.4 Å². The first-order valence-electron chi connectivity index (χ1n) is 6.79. The fourth-order valence-electron chi connectivity index (χ4n) is 1.89. The molecule has 0 unspecified atom stereocenters. The number of hydrogen-bond acceptors (Lipinski definition) is 2. The van der Waals surface area contributed by atoms with Gasteiger partial charge in [0.1, 0.15) is 0 Å². The molecule has 2 nitrogen and oxygen atoms in total. The van der Waals surface area contributed by atoms with Crippen molar-refractivity contribution in [1.82, 2.24) is 0 Å². The summed E-state index contributed by atoms with van der Waals surface area (Å²) in [5.41, 5.74) is 9.80. The first-order valence-corrected chi connectivity index (χ1v) is 7.59. The fraction of sp³-hybridized carbons (Fsp3) is 0.250. The van der Waals surface area contributed by atoms with Crippen LogP contribution >= 0.6 is 15.9 Å². The monoisotopic (exact) mass is 428 g/mol. The minimum absolute atomic E-state index is 0.220. The summed E-state index contributed by atoms with van der Waals surface area (Å²) in [5.74, 6) is 0. The predicted octanol–water partition coefficient (Wildman–Crippen LogP) is 5.95. The van der Waals surface area contributed by atoms with Gasteiger partial charge in [-0.05, 0) is 49.2 Å². The Labute approximate surface area is 148 Å². The summed E-state index contributed by atoms with van der Waals surface area (Å²) >= 11 is 3.02. The molecule has 0 radical (unpaired) electrons. The average molecular weight is 429 g/mol. The van der Waals surface area contributed by atoms with Crippen LogP contribution in [0.2, 0.25) is 0 Å². The largest absolute Gasteiger partial charge is 0.418 e. The number of halogens is 7. The van der Waals surface area contributed by atoms with Gasteiger partial charge in [0, 0.05) is 15.8 Å². The van der Waals surface area contributed by atoms with E-state index in [1.165, 1.54) is 18.2 Å². The lowest BCUT2D eigenvalue weighted by molar-refractivity contribution is -0.137. The zero-order chi connectivity index (χ0) is 19.6. The van der Waals surface area contributed by atoms with Crippen LogP contribution in [0.5, 0.6) is 0 Å². The Kier molecular flexibility index (Phi) is 6.39. The van der Waals surface area contributed by atoms with Crippen LogP contribution in [0, 0.1) is 13.8 Å². The highest BCUT2D eigenvalue weighted by Gasteiger charge is 2.33. The summed E-state index contributed by atoms with van der Waals surface area (Å²) in [4.78, 5) is 0. The average Bonchev–Trinajstić information content (AvgIpc) is 2.40. The van der Waals surface area contributed by atoms with Gasteiger partial charge < -0.3 is 11.5 Å². The molecule has 0 aliphatic heterocycles. The minimum atomic E-state index is -4.39. The summed E-state index contributed by atoms with van der Waals surface area (Å²) in [5, 5.41) is 0. The van der Waals surface area contributed by atoms with Gasteiger partial charge in [-0.3, -0.25) is 0 Å². The van der Waals surface area contributed by atoms with Crippen LogP contribution in [0.15, 0.2) is 34.8 Å². The van der Waals surface area contributed by atoms with Gasteiger partial charge in [-0.1, -0.05) is 22.0 Å². The highest BCUT2D eigenvalue weighted by atomic mass is 79.9. The Morgan fingerprint density at radius 2 is 1.24 bits per heavy atom. The molecule has 0 aliphatic carbocycles. The molecular formula is C16H15BrF6N2. The molecule has 0 aliphatic rings. The summed E-state index contributed by atoms with van der Waals surface area (Å²) in [7, 11) is 0. The number of alkyl halides is 6. The van der Waals surface area contributed by atoms with Crippen LogP contribution in [0.25, 0.3) is 0 Å².